The summed E-state index contributed by atoms with van der Waals surface area (Å²) < 4.78 is 5.17. The van der Waals surface area contributed by atoms with E-state index in [1.165, 1.54) is 5.56 Å². The highest BCUT2D eigenvalue weighted by Gasteiger charge is 2.06. The van der Waals surface area contributed by atoms with E-state index in [-0.39, 0.29) is 0 Å². The van der Waals surface area contributed by atoms with E-state index >= 15 is 0 Å². The smallest absolute Gasteiger partial charge is 0.137 e. The number of aryl methyl sites for hydroxylation is 2. The Kier molecular flexibility index (Phi) is 5.05. The minimum Gasteiger partial charge on any atom is -0.495 e. The fraction of sp³-hybridized carbons (Fsp3) is 0.158. The zero-order valence-corrected chi connectivity index (χ0v) is 15.1. The van der Waals surface area contributed by atoms with Gasteiger partial charge in [-0.25, -0.2) is 9.97 Å². The number of methoxy groups -OCH3 is 1. The SMILES string of the molecule is COc1ccc(Nc2cc(Nc3cccc(C)c3)nc(C)n2)cc1Cl. The van der Waals surface area contributed by atoms with Gasteiger partial charge in [0, 0.05) is 17.4 Å². The molecule has 2 aromatic carbocycles. The highest BCUT2D eigenvalue weighted by Crippen LogP contribution is 2.29. The molecule has 0 aliphatic heterocycles. The Labute approximate surface area is 152 Å². The van der Waals surface area contributed by atoms with E-state index in [0.29, 0.717) is 22.4 Å². The molecule has 0 unspecified atom stereocenters. The van der Waals surface area contributed by atoms with Gasteiger partial charge in [-0.1, -0.05) is 23.7 Å². The van der Waals surface area contributed by atoms with Gasteiger partial charge in [-0.2, -0.15) is 0 Å². The van der Waals surface area contributed by atoms with Crippen molar-refractivity contribution in [2.75, 3.05) is 17.7 Å². The van der Waals surface area contributed by atoms with Crippen molar-refractivity contribution in [1.29, 1.82) is 0 Å². The summed E-state index contributed by atoms with van der Waals surface area (Å²) >= 11 is 6.17. The van der Waals surface area contributed by atoms with Crippen molar-refractivity contribution in [1.82, 2.24) is 9.97 Å². The van der Waals surface area contributed by atoms with Crippen LogP contribution in [0.2, 0.25) is 5.02 Å². The third-order valence-electron chi connectivity index (χ3n) is 3.55. The van der Waals surface area contributed by atoms with Crippen molar-refractivity contribution in [3.05, 3.63) is 64.9 Å². The molecule has 0 atom stereocenters. The third kappa shape index (κ3) is 4.39. The largest absolute Gasteiger partial charge is 0.495 e. The number of ether oxygens (including phenoxy) is 1. The Bertz CT molecular complexity index is 898. The van der Waals surface area contributed by atoms with E-state index in [1.807, 2.05) is 37.3 Å². The zero-order valence-electron chi connectivity index (χ0n) is 14.3. The molecule has 0 bridgehead atoms. The summed E-state index contributed by atoms with van der Waals surface area (Å²) in [6.45, 7) is 3.91. The minimum atomic E-state index is 0.538. The lowest BCUT2D eigenvalue weighted by molar-refractivity contribution is 0.415. The van der Waals surface area contributed by atoms with Crippen LogP contribution in [-0.2, 0) is 0 Å². The molecular formula is C19H19ClN4O. The molecule has 5 nitrogen and oxygen atoms in total. The number of nitrogens with zero attached hydrogens (tertiary/aromatic N) is 2. The normalized spacial score (nSPS) is 10.4. The van der Waals surface area contributed by atoms with E-state index in [4.69, 9.17) is 16.3 Å². The van der Waals surface area contributed by atoms with Gasteiger partial charge in [-0.05, 0) is 49.7 Å². The van der Waals surface area contributed by atoms with Gasteiger partial charge in [-0.3, -0.25) is 0 Å². The number of anilines is 4. The number of hydrogen-bond donors (Lipinski definition) is 2. The molecule has 0 saturated heterocycles. The lowest BCUT2D eigenvalue weighted by atomic mass is 10.2. The first kappa shape index (κ1) is 17.0. The van der Waals surface area contributed by atoms with Gasteiger partial charge in [0.05, 0.1) is 12.1 Å². The molecule has 3 aromatic rings. The van der Waals surface area contributed by atoms with Gasteiger partial charge in [0.1, 0.15) is 23.2 Å². The Hall–Kier alpha value is -2.79. The van der Waals surface area contributed by atoms with Crippen LogP contribution in [-0.4, -0.2) is 17.1 Å². The van der Waals surface area contributed by atoms with Crippen LogP contribution in [0.5, 0.6) is 5.75 Å². The van der Waals surface area contributed by atoms with E-state index in [1.54, 1.807) is 13.2 Å². The molecule has 0 saturated carbocycles. The van der Waals surface area contributed by atoms with Crippen LogP contribution < -0.4 is 15.4 Å². The number of aromatic nitrogens is 2. The second kappa shape index (κ2) is 7.40. The summed E-state index contributed by atoms with van der Waals surface area (Å²) in [4.78, 5) is 8.86. The predicted octanol–water partition coefficient (Wildman–Crippen LogP) is 5.24. The summed E-state index contributed by atoms with van der Waals surface area (Å²) in [5.74, 6) is 2.71. The standard InChI is InChI=1S/C19H19ClN4O/c1-12-5-4-6-14(9-12)23-18-11-19(22-13(2)21-18)24-15-7-8-17(25-3)16(20)10-15/h4-11H,1-3H3,(H2,21,22,23,24). The van der Waals surface area contributed by atoms with Crippen LogP contribution in [0, 0.1) is 13.8 Å². The summed E-state index contributed by atoms with van der Waals surface area (Å²) in [6.07, 6.45) is 0. The number of halogens is 1. The molecule has 0 spiro atoms. The summed E-state index contributed by atoms with van der Waals surface area (Å²) in [5, 5.41) is 7.09. The van der Waals surface area contributed by atoms with Gasteiger partial charge >= 0.3 is 0 Å². The maximum absolute atomic E-state index is 6.17. The average molecular weight is 355 g/mol. The first-order valence-electron chi connectivity index (χ1n) is 7.83. The third-order valence-corrected chi connectivity index (χ3v) is 3.85. The van der Waals surface area contributed by atoms with Crippen molar-refractivity contribution < 1.29 is 4.74 Å². The summed E-state index contributed by atoms with van der Waals surface area (Å²) in [6, 6.07) is 15.5. The van der Waals surface area contributed by atoms with Crippen LogP contribution in [0.1, 0.15) is 11.4 Å². The molecule has 0 fully saturated rings. The molecule has 2 N–H and O–H groups in total. The lowest BCUT2D eigenvalue weighted by Gasteiger charge is -2.11. The molecule has 1 aromatic heterocycles. The summed E-state index contributed by atoms with van der Waals surface area (Å²) in [5.41, 5.74) is 2.99. The molecule has 0 amide bonds. The fourth-order valence-corrected chi connectivity index (χ4v) is 2.72. The van der Waals surface area contributed by atoms with Gasteiger partial charge in [0.25, 0.3) is 0 Å². The highest BCUT2D eigenvalue weighted by molar-refractivity contribution is 6.32. The maximum Gasteiger partial charge on any atom is 0.137 e. The van der Waals surface area contributed by atoms with Crippen LogP contribution in [0.25, 0.3) is 0 Å². The number of hydrogen-bond acceptors (Lipinski definition) is 5. The number of nitrogens with one attached hydrogen (secondary N) is 2. The number of benzene rings is 2. The molecule has 0 aliphatic carbocycles. The monoisotopic (exact) mass is 354 g/mol. The van der Waals surface area contributed by atoms with E-state index in [9.17, 15) is 0 Å². The second-order valence-electron chi connectivity index (χ2n) is 5.65. The first-order valence-corrected chi connectivity index (χ1v) is 8.21. The molecule has 128 valence electrons. The van der Waals surface area contributed by atoms with Crippen LogP contribution in [0.4, 0.5) is 23.0 Å². The van der Waals surface area contributed by atoms with Crippen molar-refractivity contribution >= 4 is 34.6 Å². The van der Waals surface area contributed by atoms with Crippen LogP contribution >= 0.6 is 11.6 Å². The Morgan fingerprint density at radius 3 is 2.16 bits per heavy atom. The first-order chi connectivity index (χ1) is 12.0. The molecule has 6 heteroatoms. The minimum absolute atomic E-state index is 0.538. The average Bonchev–Trinajstić information content (AvgIpc) is 2.54. The fourth-order valence-electron chi connectivity index (χ4n) is 2.46. The maximum atomic E-state index is 6.17. The van der Waals surface area contributed by atoms with E-state index in [0.717, 1.165) is 17.2 Å². The molecule has 25 heavy (non-hydrogen) atoms. The topological polar surface area (TPSA) is 59.1 Å². The van der Waals surface area contributed by atoms with E-state index in [2.05, 4.69) is 39.7 Å². The molecule has 3 rings (SSSR count). The molecule has 0 radical (unpaired) electrons. The molecule has 0 aliphatic rings. The van der Waals surface area contributed by atoms with Gasteiger partial charge in [0.2, 0.25) is 0 Å². The predicted molar refractivity (Wildman–Crippen MR) is 103 cm³/mol. The Morgan fingerprint density at radius 2 is 1.56 bits per heavy atom. The summed E-state index contributed by atoms with van der Waals surface area (Å²) in [7, 11) is 1.59. The van der Waals surface area contributed by atoms with Crippen molar-refractivity contribution in [3.8, 4) is 5.75 Å². The van der Waals surface area contributed by atoms with Crippen LogP contribution in [0.15, 0.2) is 48.5 Å². The van der Waals surface area contributed by atoms with Crippen molar-refractivity contribution in [2.45, 2.75) is 13.8 Å². The second-order valence-corrected chi connectivity index (χ2v) is 6.06. The number of rotatable bonds is 5. The molecular weight excluding hydrogens is 336 g/mol. The Morgan fingerprint density at radius 1 is 0.880 bits per heavy atom. The van der Waals surface area contributed by atoms with Crippen molar-refractivity contribution in [3.63, 3.8) is 0 Å². The van der Waals surface area contributed by atoms with Crippen LogP contribution in [0.3, 0.4) is 0 Å². The van der Waals surface area contributed by atoms with Crippen molar-refractivity contribution in [2.24, 2.45) is 0 Å². The zero-order chi connectivity index (χ0) is 17.8. The lowest BCUT2D eigenvalue weighted by Crippen LogP contribution is -2.01. The Balaban J connectivity index is 1.83. The molecule has 1 heterocycles. The van der Waals surface area contributed by atoms with E-state index < -0.39 is 0 Å². The highest BCUT2D eigenvalue weighted by atomic mass is 35.5. The van der Waals surface area contributed by atoms with Gasteiger partial charge in [-0.15, -0.1) is 0 Å². The van der Waals surface area contributed by atoms with Gasteiger partial charge in [0.15, 0.2) is 0 Å². The van der Waals surface area contributed by atoms with Gasteiger partial charge < -0.3 is 15.4 Å². The quantitative estimate of drug-likeness (QED) is 0.656.